The van der Waals surface area contributed by atoms with Crippen molar-refractivity contribution in [2.75, 3.05) is 29.1 Å². The average molecular weight is 514 g/mol. The van der Waals surface area contributed by atoms with Crippen LogP contribution in [-0.2, 0) is 24.6 Å². The number of benzene rings is 1. The summed E-state index contributed by atoms with van der Waals surface area (Å²) in [6.07, 6.45) is 0.624. The van der Waals surface area contributed by atoms with Crippen LogP contribution in [0.3, 0.4) is 0 Å². The Morgan fingerprint density at radius 3 is 2.29 bits per heavy atom. The number of rotatable bonds is 8. The normalized spacial score (nSPS) is 12.0. The van der Waals surface area contributed by atoms with E-state index < -0.39 is 37.7 Å². The predicted octanol–water partition coefficient (Wildman–Crippen LogP) is 2.07. The molecular formula is C20H20FN3O8S2. The number of hydrogen-bond donors (Lipinski definition) is 1. The molecule has 0 atom stereocenters. The molecule has 0 saturated carbocycles. The smallest absolute Gasteiger partial charge is 0.412 e. The van der Waals surface area contributed by atoms with Gasteiger partial charge in [0.05, 0.1) is 17.4 Å². The van der Waals surface area contributed by atoms with E-state index >= 15 is 0 Å². The zero-order valence-electron chi connectivity index (χ0n) is 18.0. The molecule has 3 rings (SSSR count). The molecule has 0 aliphatic rings. The number of amides is 1. The number of pyridine rings is 1. The number of sulfone groups is 1. The number of esters is 1. The summed E-state index contributed by atoms with van der Waals surface area (Å²) >= 11 is 0. The van der Waals surface area contributed by atoms with Crippen LogP contribution < -0.4 is 10.0 Å². The molecule has 0 bridgehead atoms. The molecule has 1 amide bonds. The van der Waals surface area contributed by atoms with Crippen LogP contribution in [0.1, 0.15) is 16.8 Å². The fourth-order valence-corrected chi connectivity index (χ4v) is 4.73. The van der Waals surface area contributed by atoms with Gasteiger partial charge in [-0.05, 0) is 42.8 Å². The minimum Gasteiger partial charge on any atom is -0.437 e. The third-order valence-corrected chi connectivity index (χ3v) is 6.78. The zero-order chi connectivity index (χ0) is 25.3. The van der Waals surface area contributed by atoms with Crippen LogP contribution >= 0.6 is 0 Å². The quantitative estimate of drug-likeness (QED) is 0.350. The molecule has 2 aromatic heterocycles. The lowest BCUT2D eigenvalue weighted by atomic mass is 10.1. The van der Waals surface area contributed by atoms with Crippen molar-refractivity contribution in [1.82, 2.24) is 4.98 Å². The summed E-state index contributed by atoms with van der Waals surface area (Å²) in [6, 6.07) is 7.51. The lowest BCUT2D eigenvalue weighted by Crippen LogP contribution is -2.32. The highest BCUT2D eigenvalue weighted by Crippen LogP contribution is 2.35. The van der Waals surface area contributed by atoms with Crippen LogP contribution in [-0.4, -0.2) is 58.7 Å². The van der Waals surface area contributed by atoms with Gasteiger partial charge in [0, 0.05) is 18.4 Å². The van der Waals surface area contributed by atoms with Gasteiger partial charge in [-0.25, -0.2) is 30.8 Å². The largest absolute Gasteiger partial charge is 0.437 e. The zero-order valence-corrected chi connectivity index (χ0v) is 19.7. The van der Waals surface area contributed by atoms with Gasteiger partial charge in [0.15, 0.2) is 5.76 Å². The number of ether oxygens (including phenoxy) is 1. The van der Waals surface area contributed by atoms with Gasteiger partial charge in [-0.2, -0.15) is 4.98 Å². The minimum absolute atomic E-state index is 0.0147. The van der Waals surface area contributed by atoms with Gasteiger partial charge < -0.3 is 14.9 Å². The number of nitrogens with zero attached hydrogens (tertiary/aromatic N) is 2. The molecule has 0 unspecified atom stereocenters. The number of carbonyl (C=O) groups excluding carboxylic acids is 2. The number of aromatic nitrogens is 1. The van der Waals surface area contributed by atoms with E-state index in [9.17, 15) is 30.8 Å². The molecule has 0 radical (unpaired) electrons. The lowest BCUT2D eigenvalue weighted by molar-refractivity contribution is 0.0640. The summed E-state index contributed by atoms with van der Waals surface area (Å²) in [5.41, 5.74) is 4.81. The van der Waals surface area contributed by atoms with Crippen LogP contribution in [0.15, 0.2) is 40.8 Å². The van der Waals surface area contributed by atoms with Crippen LogP contribution in [0.5, 0.6) is 0 Å². The monoisotopic (exact) mass is 513 g/mol. The van der Waals surface area contributed by atoms with E-state index in [2.05, 4.69) is 9.72 Å². The van der Waals surface area contributed by atoms with Crippen molar-refractivity contribution in [3.8, 4) is 11.3 Å². The molecular weight excluding hydrogens is 493 g/mol. The molecule has 14 heteroatoms. The van der Waals surface area contributed by atoms with Crippen molar-refractivity contribution in [2.45, 2.75) is 6.42 Å². The topological polar surface area (TPSA) is 167 Å². The molecule has 0 aliphatic heterocycles. The summed E-state index contributed by atoms with van der Waals surface area (Å²) in [5, 5.41) is 0.0823. The highest BCUT2D eigenvalue weighted by atomic mass is 32.2. The summed E-state index contributed by atoms with van der Waals surface area (Å²) < 4.78 is 71.9. The number of carbonyl (C=O) groups is 2. The molecule has 2 N–H and O–H groups in total. The van der Waals surface area contributed by atoms with E-state index in [1.165, 1.54) is 24.3 Å². The van der Waals surface area contributed by atoms with E-state index in [-0.39, 0.29) is 52.5 Å². The maximum Gasteiger partial charge on any atom is 0.412 e. The van der Waals surface area contributed by atoms with E-state index in [0.717, 1.165) is 28.9 Å². The number of fused-ring (bicyclic) bond motifs is 1. The number of sulfonamides is 1. The number of halogens is 1. The van der Waals surface area contributed by atoms with Crippen molar-refractivity contribution in [3.63, 3.8) is 0 Å². The maximum absolute atomic E-state index is 13.4. The Kier molecular flexibility index (Phi) is 6.93. The number of anilines is 1. The molecule has 182 valence electrons. The van der Waals surface area contributed by atoms with E-state index in [1.54, 1.807) is 0 Å². The summed E-state index contributed by atoms with van der Waals surface area (Å²) in [6.45, 7) is -0.174. The first-order valence-electron chi connectivity index (χ1n) is 9.63. The molecule has 34 heavy (non-hydrogen) atoms. The SMILES string of the molecule is CS(=O)(=O)CCCN(c1ccc2c(C(=O)OC(N)=O)c(-c3ccc(F)cc3)oc2n1)S(C)(=O)=O. The lowest BCUT2D eigenvalue weighted by Gasteiger charge is -2.20. The fourth-order valence-electron chi connectivity index (χ4n) is 3.18. The van der Waals surface area contributed by atoms with E-state index in [1.807, 2.05) is 0 Å². The molecule has 0 spiro atoms. The van der Waals surface area contributed by atoms with Crippen molar-refractivity contribution < 1.29 is 40.0 Å². The third-order valence-electron chi connectivity index (χ3n) is 4.58. The Labute approximate surface area is 194 Å². The molecule has 11 nitrogen and oxygen atoms in total. The maximum atomic E-state index is 13.4. The van der Waals surface area contributed by atoms with Crippen molar-refractivity contribution in [1.29, 1.82) is 0 Å². The van der Waals surface area contributed by atoms with E-state index in [4.69, 9.17) is 10.2 Å². The van der Waals surface area contributed by atoms with E-state index in [0.29, 0.717) is 0 Å². The Morgan fingerprint density at radius 2 is 1.74 bits per heavy atom. The first-order valence-corrected chi connectivity index (χ1v) is 13.5. The van der Waals surface area contributed by atoms with Crippen molar-refractivity contribution >= 4 is 48.8 Å². The number of primary amides is 1. The average Bonchev–Trinajstić information content (AvgIpc) is 3.08. The number of nitrogens with two attached hydrogens (primary N) is 1. The van der Waals surface area contributed by atoms with Crippen LogP contribution in [0.25, 0.3) is 22.4 Å². The summed E-state index contributed by atoms with van der Waals surface area (Å²) in [5.74, 6) is -2.11. The second kappa shape index (κ2) is 9.38. The summed E-state index contributed by atoms with van der Waals surface area (Å²) in [7, 11) is -7.17. The van der Waals surface area contributed by atoms with Crippen molar-refractivity contribution in [2.24, 2.45) is 5.73 Å². The Bertz CT molecular complexity index is 1470. The highest BCUT2D eigenvalue weighted by Gasteiger charge is 2.27. The van der Waals surface area contributed by atoms with Gasteiger partial charge in [0.25, 0.3) is 0 Å². The van der Waals surface area contributed by atoms with Gasteiger partial charge in [-0.1, -0.05) is 0 Å². The Balaban J connectivity index is 2.12. The fraction of sp³-hybridized carbons (Fsp3) is 0.250. The van der Waals surface area contributed by atoms with Crippen LogP contribution in [0, 0.1) is 5.82 Å². The molecule has 0 saturated heterocycles. The molecule has 1 aromatic carbocycles. The second-order valence-electron chi connectivity index (χ2n) is 7.36. The van der Waals surface area contributed by atoms with Gasteiger partial charge >= 0.3 is 12.1 Å². The minimum atomic E-state index is -3.86. The highest BCUT2D eigenvalue weighted by molar-refractivity contribution is 7.92. The predicted molar refractivity (Wildman–Crippen MR) is 121 cm³/mol. The second-order valence-corrected chi connectivity index (χ2v) is 11.5. The Hall–Kier alpha value is -3.52. The van der Waals surface area contributed by atoms with Gasteiger partial charge in [0.1, 0.15) is 27.0 Å². The molecule has 0 aliphatic carbocycles. The summed E-state index contributed by atoms with van der Waals surface area (Å²) in [4.78, 5) is 27.9. The van der Waals surface area contributed by atoms with Gasteiger partial charge in [0.2, 0.25) is 15.7 Å². The number of hydrogen-bond acceptors (Lipinski definition) is 9. The third kappa shape index (κ3) is 5.88. The van der Waals surface area contributed by atoms with Crippen LogP contribution in [0.2, 0.25) is 0 Å². The molecule has 0 fully saturated rings. The van der Waals surface area contributed by atoms with Gasteiger partial charge in [-0.3, -0.25) is 4.31 Å². The van der Waals surface area contributed by atoms with Crippen LogP contribution in [0.4, 0.5) is 15.0 Å². The molecule has 3 aromatic rings. The first-order chi connectivity index (χ1) is 15.8. The first kappa shape index (κ1) is 25.1. The molecule has 2 heterocycles. The van der Waals surface area contributed by atoms with Gasteiger partial charge in [-0.15, -0.1) is 0 Å². The Morgan fingerprint density at radius 1 is 1.09 bits per heavy atom. The van der Waals surface area contributed by atoms with Crippen molar-refractivity contribution in [3.05, 3.63) is 47.8 Å². The number of furan rings is 1. The standard InChI is InChI=1S/C20H20FN3O8S2/c1-33(27,28)11-3-10-24(34(2,29)30)15-9-8-14-16(19(25)32-20(22)26)17(31-18(14)23-15)12-4-6-13(21)7-5-12/h4-9H,3,10-11H2,1-2H3,(H2,22,26).